The molecule has 1 aromatic heterocycles. The monoisotopic (exact) mass is 545 g/mol. The van der Waals surface area contributed by atoms with Gasteiger partial charge in [-0.25, -0.2) is 19.1 Å². The highest BCUT2D eigenvalue weighted by atomic mass is 19.1. The van der Waals surface area contributed by atoms with Crippen LogP contribution in [-0.2, 0) is 0 Å². The molecule has 4 aromatic rings. The van der Waals surface area contributed by atoms with Gasteiger partial charge >= 0.3 is 6.09 Å². The molecule has 40 heavy (non-hydrogen) atoms. The smallest absolute Gasteiger partial charge is 0.425 e. The number of rotatable bonds is 10. The number of nitrogens with one attached hydrogen (secondary N) is 1. The van der Waals surface area contributed by atoms with Crippen LogP contribution in [0, 0.1) is 19.7 Å². The number of carbonyl (C=O) groups excluding carboxylic acids is 1. The average molecular weight is 546 g/mol. The molecular formula is C30H32FN5O4. The second-order valence-electron chi connectivity index (χ2n) is 9.26. The van der Waals surface area contributed by atoms with Crippen LogP contribution in [0.5, 0.6) is 17.2 Å². The van der Waals surface area contributed by atoms with E-state index in [0.29, 0.717) is 30.3 Å². The van der Waals surface area contributed by atoms with E-state index < -0.39 is 11.9 Å². The third-order valence-electron chi connectivity index (χ3n) is 5.97. The lowest BCUT2D eigenvalue weighted by molar-refractivity contribution is 0.208. The molecule has 0 spiro atoms. The number of anilines is 4. The van der Waals surface area contributed by atoms with E-state index in [4.69, 9.17) is 14.2 Å². The molecule has 0 aliphatic carbocycles. The van der Waals surface area contributed by atoms with Crippen molar-refractivity contribution in [2.75, 3.05) is 44.6 Å². The second kappa shape index (κ2) is 12.9. The van der Waals surface area contributed by atoms with Crippen molar-refractivity contribution in [1.82, 2.24) is 14.9 Å². The van der Waals surface area contributed by atoms with E-state index in [9.17, 15) is 9.18 Å². The van der Waals surface area contributed by atoms with E-state index in [1.807, 2.05) is 51.0 Å². The summed E-state index contributed by atoms with van der Waals surface area (Å²) in [5.74, 6) is 0.749. The number of para-hydroxylation sites is 3. The Balaban J connectivity index is 1.64. The van der Waals surface area contributed by atoms with E-state index in [1.165, 1.54) is 24.3 Å². The Labute approximate surface area is 233 Å². The van der Waals surface area contributed by atoms with Crippen LogP contribution in [0.4, 0.5) is 32.3 Å². The molecule has 4 rings (SSSR count). The minimum absolute atomic E-state index is 0.155. The third-order valence-corrected chi connectivity index (χ3v) is 5.97. The lowest BCUT2D eigenvalue weighted by Gasteiger charge is -2.25. The zero-order valence-corrected chi connectivity index (χ0v) is 23.1. The summed E-state index contributed by atoms with van der Waals surface area (Å²) in [6, 6.07) is 18.7. The summed E-state index contributed by atoms with van der Waals surface area (Å²) in [5, 5.41) is 3.00. The maximum Gasteiger partial charge on any atom is 0.425 e. The Hall–Kier alpha value is -4.70. The number of halogens is 1. The van der Waals surface area contributed by atoms with Crippen LogP contribution in [0.1, 0.15) is 11.1 Å². The lowest BCUT2D eigenvalue weighted by atomic mass is 10.1. The average Bonchev–Trinajstić information content (AvgIpc) is 2.92. The maximum absolute atomic E-state index is 14.7. The standard InChI is InChI=1S/C30H32FN5O4/c1-20-9-8-10-21(2)28(20)36(30(37)40-26-12-7-6-11-25(26)38-5)27-15-16-32-29(34-27)33-22-13-14-24(23(31)19-22)39-18-17-35(3)4/h6-16,19H,17-18H2,1-5H3,(H,32,33,34). The molecule has 1 amide bonds. The molecule has 0 aliphatic heterocycles. The van der Waals surface area contributed by atoms with Gasteiger partial charge in [0, 0.05) is 30.6 Å². The Morgan fingerprint density at radius 2 is 1.68 bits per heavy atom. The van der Waals surface area contributed by atoms with Crippen LogP contribution in [0.3, 0.4) is 0 Å². The van der Waals surface area contributed by atoms with Gasteiger partial charge in [0.2, 0.25) is 5.95 Å². The number of hydrogen-bond acceptors (Lipinski definition) is 8. The van der Waals surface area contributed by atoms with Gasteiger partial charge in [-0.3, -0.25) is 0 Å². The van der Waals surface area contributed by atoms with E-state index in [2.05, 4.69) is 15.3 Å². The van der Waals surface area contributed by atoms with Gasteiger partial charge in [0.05, 0.1) is 12.8 Å². The predicted octanol–water partition coefficient (Wildman–Crippen LogP) is 6.26. The quantitative estimate of drug-likeness (QED) is 0.250. The van der Waals surface area contributed by atoms with Gasteiger partial charge in [0.15, 0.2) is 23.1 Å². The molecule has 0 aliphatic rings. The summed E-state index contributed by atoms with van der Waals surface area (Å²) in [7, 11) is 5.34. The zero-order valence-electron chi connectivity index (χ0n) is 23.1. The van der Waals surface area contributed by atoms with Crippen molar-refractivity contribution in [3.8, 4) is 17.2 Å². The van der Waals surface area contributed by atoms with Crippen LogP contribution in [0.15, 0.2) is 72.9 Å². The number of aromatic nitrogens is 2. The highest BCUT2D eigenvalue weighted by molar-refractivity contribution is 5.98. The Morgan fingerprint density at radius 3 is 2.35 bits per heavy atom. The van der Waals surface area contributed by atoms with Crippen molar-refractivity contribution >= 4 is 29.2 Å². The largest absolute Gasteiger partial charge is 0.493 e. The van der Waals surface area contributed by atoms with Gasteiger partial charge in [0.25, 0.3) is 0 Å². The number of hydrogen-bond donors (Lipinski definition) is 1. The number of benzene rings is 3. The Bertz CT molecular complexity index is 1460. The normalized spacial score (nSPS) is 10.8. The summed E-state index contributed by atoms with van der Waals surface area (Å²) in [6.45, 7) is 4.82. The highest BCUT2D eigenvalue weighted by Gasteiger charge is 2.26. The zero-order chi connectivity index (χ0) is 28.6. The van der Waals surface area contributed by atoms with E-state index in [1.54, 1.807) is 42.5 Å². The van der Waals surface area contributed by atoms with Gasteiger partial charge in [-0.2, -0.15) is 4.98 Å². The fourth-order valence-electron chi connectivity index (χ4n) is 4.00. The number of aryl methyl sites for hydroxylation is 2. The maximum atomic E-state index is 14.7. The molecule has 0 saturated carbocycles. The fourth-order valence-corrected chi connectivity index (χ4v) is 4.00. The van der Waals surface area contributed by atoms with Crippen molar-refractivity contribution in [3.05, 3.63) is 89.9 Å². The van der Waals surface area contributed by atoms with Crippen LogP contribution in [0.2, 0.25) is 0 Å². The van der Waals surface area contributed by atoms with Crippen molar-refractivity contribution in [3.63, 3.8) is 0 Å². The lowest BCUT2D eigenvalue weighted by Crippen LogP contribution is -2.31. The van der Waals surface area contributed by atoms with Crippen LogP contribution < -0.4 is 24.4 Å². The molecule has 0 unspecified atom stereocenters. The third kappa shape index (κ3) is 6.83. The minimum atomic E-state index is -0.683. The molecular weight excluding hydrogens is 513 g/mol. The van der Waals surface area contributed by atoms with Crippen molar-refractivity contribution in [1.29, 1.82) is 0 Å². The first kappa shape index (κ1) is 28.3. The summed E-state index contributed by atoms with van der Waals surface area (Å²) < 4.78 is 31.3. The van der Waals surface area contributed by atoms with Crippen molar-refractivity contribution in [2.45, 2.75) is 13.8 Å². The van der Waals surface area contributed by atoms with Gasteiger partial charge in [0.1, 0.15) is 12.4 Å². The molecule has 3 aromatic carbocycles. The Kier molecular flexibility index (Phi) is 9.13. The molecule has 9 nitrogen and oxygen atoms in total. The number of ether oxygens (including phenoxy) is 3. The summed E-state index contributed by atoms with van der Waals surface area (Å²) in [5.41, 5.74) is 2.73. The molecule has 0 atom stereocenters. The Morgan fingerprint density at radius 1 is 0.950 bits per heavy atom. The number of likely N-dealkylation sites (N-methyl/N-ethyl adjacent to an activating group) is 1. The molecule has 0 fully saturated rings. The summed E-state index contributed by atoms with van der Waals surface area (Å²) in [4.78, 5) is 25.8. The predicted molar refractivity (Wildman–Crippen MR) is 153 cm³/mol. The molecule has 1 heterocycles. The number of nitrogens with zero attached hydrogens (tertiary/aromatic N) is 4. The van der Waals surface area contributed by atoms with Gasteiger partial charge in [-0.1, -0.05) is 30.3 Å². The number of amides is 1. The topological polar surface area (TPSA) is 89.0 Å². The SMILES string of the molecule is COc1ccccc1OC(=O)N(c1ccnc(Nc2ccc(OCCN(C)C)c(F)c2)n1)c1c(C)cccc1C. The fraction of sp³-hybridized carbons (Fsp3) is 0.233. The first-order chi connectivity index (χ1) is 19.3. The molecule has 0 saturated heterocycles. The highest BCUT2D eigenvalue weighted by Crippen LogP contribution is 2.34. The van der Waals surface area contributed by atoms with Crippen LogP contribution in [0.25, 0.3) is 0 Å². The van der Waals surface area contributed by atoms with Gasteiger partial charge in [-0.15, -0.1) is 0 Å². The van der Waals surface area contributed by atoms with E-state index in [-0.39, 0.29) is 23.3 Å². The van der Waals surface area contributed by atoms with Gasteiger partial charge < -0.3 is 24.4 Å². The number of methoxy groups -OCH3 is 1. The molecule has 1 N–H and O–H groups in total. The minimum Gasteiger partial charge on any atom is -0.493 e. The van der Waals surface area contributed by atoms with Crippen LogP contribution in [-0.4, -0.2) is 55.3 Å². The molecule has 10 heteroatoms. The van der Waals surface area contributed by atoms with E-state index >= 15 is 0 Å². The molecule has 0 radical (unpaired) electrons. The van der Waals surface area contributed by atoms with Crippen molar-refractivity contribution in [2.24, 2.45) is 0 Å². The molecule has 0 bridgehead atoms. The molecule has 208 valence electrons. The van der Waals surface area contributed by atoms with Crippen LogP contribution >= 0.6 is 0 Å². The first-order valence-electron chi connectivity index (χ1n) is 12.6. The van der Waals surface area contributed by atoms with E-state index in [0.717, 1.165) is 11.1 Å². The van der Waals surface area contributed by atoms with Gasteiger partial charge in [-0.05, 0) is 63.3 Å². The number of carbonyl (C=O) groups is 1. The summed E-state index contributed by atoms with van der Waals surface area (Å²) in [6.07, 6.45) is 0.827. The first-order valence-corrected chi connectivity index (χ1v) is 12.6. The summed E-state index contributed by atoms with van der Waals surface area (Å²) >= 11 is 0. The second-order valence-corrected chi connectivity index (χ2v) is 9.26. The van der Waals surface area contributed by atoms with Crippen molar-refractivity contribution < 1.29 is 23.4 Å².